The number of hydrogen-bond acceptors (Lipinski definition) is 5. The van der Waals surface area contributed by atoms with Crippen molar-refractivity contribution in [1.29, 1.82) is 0 Å². The van der Waals surface area contributed by atoms with Crippen LogP contribution in [0.15, 0.2) is 48.5 Å². The Balaban J connectivity index is 1.90. The van der Waals surface area contributed by atoms with E-state index in [-0.39, 0.29) is 16.3 Å². The maximum absolute atomic E-state index is 12.0. The van der Waals surface area contributed by atoms with E-state index < -0.39 is 23.9 Å². The molecule has 0 unspecified atom stereocenters. The third kappa shape index (κ3) is 4.95. The van der Waals surface area contributed by atoms with Crippen molar-refractivity contribution in [2.45, 2.75) is 13.0 Å². The van der Waals surface area contributed by atoms with Crippen LogP contribution in [0.5, 0.6) is 5.75 Å². The number of aromatic hydroxyl groups is 1. The summed E-state index contributed by atoms with van der Waals surface area (Å²) in [7, 11) is 0. The van der Waals surface area contributed by atoms with E-state index in [1.165, 1.54) is 25.1 Å². The quantitative estimate of drug-likeness (QED) is 0.570. The van der Waals surface area contributed by atoms with Crippen LogP contribution in [0.1, 0.15) is 27.6 Å². The molecule has 2 aromatic rings. The predicted octanol–water partition coefficient (Wildman–Crippen LogP) is 2.05. The molecule has 0 saturated carbocycles. The molecule has 0 bridgehead atoms. The Labute approximate surface area is 148 Å². The van der Waals surface area contributed by atoms with E-state index in [0.29, 0.717) is 5.56 Å². The van der Waals surface area contributed by atoms with Crippen LogP contribution in [0.3, 0.4) is 0 Å². The second-order valence-electron chi connectivity index (χ2n) is 5.02. The number of hydrazine groups is 1. The zero-order valence-electron chi connectivity index (χ0n) is 13.2. The number of halogens is 1. The van der Waals surface area contributed by atoms with Gasteiger partial charge in [0.1, 0.15) is 11.3 Å². The van der Waals surface area contributed by atoms with Crippen LogP contribution in [-0.4, -0.2) is 29.0 Å². The minimum absolute atomic E-state index is 0.166. The second-order valence-corrected chi connectivity index (χ2v) is 5.45. The van der Waals surface area contributed by atoms with E-state index in [1.807, 2.05) is 0 Å². The number of carbonyl (C=O) groups excluding carboxylic acids is 3. The summed E-state index contributed by atoms with van der Waals surface area (Å²) < 4.78 is 4.95. The van der Waals surface area contributed by atoms with Gasteiger partial charge in [0.2, 0.25) is 0 Å². The predicted molar refractivity (Wildman–Crippen MR) is 90.0 cm³/mol. The first-order chi connectivity index (χ1) is 11.9. The van der Waals surface area contributed by atoms with Gasteiger partial charge in [-0.15, -0.1) is 0 Å². The number of phenols is 1. The van der Waals surface area contributed by atoms with Crippen LogP contribution in [0.4, 0.5) is 0 Å². The highest BCUT2D eigenvalue weighted by Gasteiger charge is 2.21. The monoisotopic (exact) mass is 362 g/mol. The fourth-order valence-corrected chi connectivity index (χ4v) is 2.00. The van der Waals surface area contributed by atoms with Gasteiger partial charge in [-0.3, -0.25) is 20.4 Å². The summed E-state index contributed by atoms with van der Waals surface area (Å²) in [6.45, 7) is 1.32. The van der Waals surface area contributed by atoms with Crippen LogP contribution in [0, 0.1) is 0 Å². The lowest BCUT2D eigenvalue weighted by Crippen LogP contribution is -2.46. The highest BCUT2D eigenvalue weighted by Crippen LogP contribution is 2.22. The number of carbonyl (C=O) groups is 3. The first-order valence-electron chi connectivity index (χ1n) is 7.23. The third-order valence-electron chi connectivity index (χ3n) is 3.17. The fourth-order valence-electron chi connectivity index (χ4n) is 1.83. The van der Waals surface area contributed by atoms with Crippen LogP contribution in [0.2, 0.25) is 5.02 Å². The lowest BCUT2D eigenvalue weighted by atomic mass is 10.2. The second kappa shape index (κ2) is 8.16. The van der Waals surface area contributed by atoms with Crippen LogP contribution < -0.4 is 10.9 Å². The number of esters is 1. The summed E-state index contributed by atoms with van der Waals surface area (Å²) in [4.78, 5) is 35.7. The van der Waals surface area contributed by atoms with Crippen molar-refractivity contribution in [3.8, 4) is 5.75 Å². The van der Waals surface area contributed by atoms with Crippen molar-refractivity contribution >= 4 is 29.4 Å². The van der Waals surface area contributed by atoms with Gasteiger partial charge >= 0.3 is 5.97 Å². The average molecular weight is 363 g/mol. The number of amides is 2. The molecule has 0 spiro atoms. The molecule has 130 valence electrons. The number of rotatable bonds is 4. The van der Waals surface area contributed by atoms with Gasteiger partial charge in [-0.1, -0.05) is 29.8 Å². The molecule has 25 heavy (non-hydrogen) atoms. The minimum Gasteiger partial charge on any atom is -0.507 e. The molecule has 0 saturated heterocycles. The Morgan fingerprint density at radius 1 is 1.08 bits per heavy atom. The Bertz CT molecular complexity index is 795. The molecule has 0 aliphatic rings. The number of benzene rings is 2. The highest BCUT2D eigenvalue weighted by molar-refractivity contribution is 6.31. The summed E-state index contributed by atoms with van der Waals surface area (Å²) in [6, 6.07) is 12.1. The van der Waals surface area contributed by atoms with Gasteiger partial charge in [-0.05, 0) is 37.3 Å². The lowest BCUT2D eigenvalue weighted by molar-refractivity contribution is -0.129. The molecular weight excluding hydrogens is 348 g/mol. The smallest absolute Gasteiger partial charge is 0.342 e. The van der Waals surface area contributed by atoms with Crippen molar-refractivity contribution in [3.63, 3.8) is 0 Å². The Kier molecular flexibility index (Phi) is 5.97. The zero-order chi connectivity index (χ0) is 18.4. The van der Waals surface area contributed by atoms with E-state index >= 15 is 0 Å². The van der Waals surface area contributed by atoms with E-state index in [4.69, 9.17) is 16.3 Å². The molecular formula is C17H15ClN2O5. The van der Waals surface area contributed by atoms with Gasteiger partial charge in [-0.25, -0.2) is 4.79 Å². The molecule has 3 N–H and O–H groups in total. The molecule has 2 aromatic carbocycles. The maximum atomic E-state index is 12.0. The molecule has 0 heterocycles. The van der Waals surface area contributed by atoms with Crippen LogP contribution in [-0.2, 0) is 9.53 Å². The van der Waals surface area contributed by atoms with Gasteiger partial charge in [0.15, 0.2) is 6.10 Å². The maximum Gasteiger partial charge on any atom is 0.342 e. The van der Waals surface area contributed by atoms with Crippen LogP contribution in [0.25, 0.3) is 0 Å². The molecule has 0 radical (unpaired) electrons. The van der Waals surface area contributed by atoms with Crippen molar-refractivity contribution in [3.05, 3.63) is 64.7 Å². The molecule has 2 rings (SSSR count). The van der Waals surface area contributed by atoms with Crippen molar-refractivity contribution in [2.24, 2.45) is 0 Å². The molecule has 1 atom stereocenters. The molecule has 2 amide bonds. The Hall–Kier alpha value is -3.06. The number of ether oxygens (including phenoxy) is 1. The molecule has 8 heteroatoms. The number of nitrogens with one attached hydrogen (secondary N) is 2. The minimum atomic E-state index is -1.21. The summed E-state index contributed by atoms with van der Waals surface area (Å²) in [6.07, 6.45) is -1.21. The standard InChI is InChI=1S/C17H15ClN2O5/c1-10(25-17(24)13-9-12(18)7-8-14(13)21)15(22)19-20-16(23)11-5-3-2-4-6-11/h2-10,21H,1H3,(H,19,22)(H,20,23)/t10-/m0/s1. The molecule has 0 aromatic heterocycles. The lowest BCUT2D eigenvalue weighted by Gasteiger charge is -2.14. The topological polar surface area (TPSA) is 105 Å². The van der Waals surface area contributed by atoms with Crippen LogP contribution >= 0.6 is 11.6 Å². The zero-order valence-corrected chi connectivity index (χ0v) is 13.9. The van der Waals surface area contributed by atoms with Gasteiger partial charge in [0.25, 0.3) is 11.8 Å². The van der Waals surface area contributed by atoms with Gasteiger partial charge in [-0.2, -0.15) is 0 Å². The number of hydrogen-bond donors (Lipinski definition) is 3. The van der Waals surface area contributed by atoms with Crippen molar-refractivity contribution in [2.75, 3.05) is 0 Å². The van der Waals surface area contributed by atoms with Gasteiger partial charge < -0.3 is 9.84 Å². The largest absolute Gasteiger partial charge is 0.507 e. The molecule has 0 fully saturated rings. The van der Waals surface area contributed by atoms with Crippen molar-refractivity contribution in [1.82, 2.24) is 10.9 Å². The summed E-state index contributed by atoms with van der Waals surface area (Å²) in [5.74, 6) is -2.49. The third-order valence-corrected chi connectivity index (χ3v) is 3.40. The summed E-state index contributed by atoms with van der Waals surface area (Å²) in [5.41, 5.74) is 4.56. The SMILES string of the molecule is C[C@H](OC(=O)c1cc(Cl)ccc1O)C(=O)NNC(=O)c1ccccc1. The van der Waals surface area contributed by atoms with E-state index in [9.17, 15) is 19.5 Å². The number of phenolic OH excluding ortho intramolecular Hbond substituents is 1. The molecule has 0 aliphatic heterocycles. The summed E-state index contributed by atoms with van der Waals surface area (Å²) in [5, 5.41) is 9.88. The van der Waals surface area contributed by atoms with E-state index in [0.717, 1.165) is 0 Å². The average Bonchev–Trinajstić information content (AvgIpc) is 2.61. The van der Waals surface area contributed by atoms with E-state index in [1.54, 1.807) is 30.3 Å². The Morgan fingerprint density at radius 3 is 2.44 bits per heavy atom. The van der Waals surface area contributed by atoms with Gasteiger partial charge in [0, 0.05) is 10.6 Å². The first kappa shape index (κ1) is 18.3. The molecule has 7 nitrogen and oxygen atoms in total. The van der Waals surface area contributed by atoms with Crippen molar-refractivity contribution < 1.29 is 24.2 Å². The highest BCUT2D eigenvalue weighted by atomic mass is 35.5. The van der Waals surface area contributed by atoms with E-state index in [2.05, 4.69) is 10.9 Å². The Morgan fingerprint density at radius 2 is 1.76 bits per heavy atom. The molecule has 0 aliphatic carbocycles. The normalized spacial score (nSPS) is 11.3. The first-order valence-corrected chi connectivity index (χ1v) is 7.61. The fraction of sp³-hybridized carbons (Fsp3) is 0.118. The van der Waals surface area contributed by atoms with Gasteiger partial charge in [0.05, 0.1) is 0 Å². The summed E-state index contributed by atoms with van der Waals surface area (Å²) >= 11 is 5.76.